The molecule has 0 radical (unpaired) electrons. The van der Waals surface area contributed by atoms with Crippen molar-refractivity contribution in [2.75, 3.05) is 13.2 Å². The van der Waals surface area contributed by atoms with Gasteiger partial charge in [0.2, 0.25) is 0 Å². The number of ether oxygens (including phenoxy) is 3. The molecule has 348 valence electrons. The van der Waals surface area contributed by atoms with Gasteiger partial charge in [0, 0.05) is 19.3 Å². The average molecular weight is 841 g/mol. The predicted molar refractivity (Wildman–Crippen MR) is 256 cm³/mol. The molecule has 60 heavy (non-hydrogen) atoms. The van der Waals surface area contributed by atoms with Crippen molar-refractivity contribution < 1.29 is 28.6 Å². The van der Waals surface area contributed by atoms with E-state index in [1.165, 1.54) is 148 Å². The Labute approximate surface area is 371 Å². The zero-order valence-electron chi connectivity index (χ0n) is 39.7. The summed E-state index contributed by atoms with van der Waals surface area (Å²) in [6.45, 7) is 6.57. The molecule has 0 aliphatic carbocycles. The number of carbonyl (C=O) groups is 3. The second kappa shape index (κ2) is 49.0. The minimum absolute atomic E-state index is 0.0863. The van der Waals surface area contributed by atoms with E-state index < -0.39 is 6.10 Å². The van der Waals surface area contributed by atoms with Crippen LogP contribution in [0.15, 0.2) is 48.6 Å². The summed E-state index contributed by atoms with van der Waals surface area (Å²) >= 11 is 0. The molecule has 6 heteroatoms. The molecule has 0 heterocycles. The van der Waals surface area contributed by atoms with Crippen molar-refractivity contribution in [1.29, 1.82) is 0 Å². The van der Waals surface area contributed by atoms with Gasteiger partial charge in [0.15, 0.2) is 6.10 Å². The first-order valence-electron chi connectivity index (χ1n) is 25.6. The van der Waals surface area contributed by atoms with Gasteiger partial charge in [-0.05, 0) is 57.8 Å². The van der Waals surface area contributed by atoms with Crippen LogP contribution in [0.3, 0.4) is 0 Å². The van der Waals surface area contributed by atoms with Gasteiger partial charge >= 0.3 is 17.9 Å². The van der Waals surface area contributed by atoms with E-state index in [0.29, 0.717) is 19.3 Å². The van der Waals surface area contributed by atoms with E-state index in [1.807, 2.05) is 0 Å². The summed E-state index contributed by atoms with van der Waals surface area (Å²) in [5, 5.41) is 0. The van der Waals surface area contributed by atoms with Crippen LogP contribution < -0.4 is 0 Å². The van der Waals surface area contributed by atoms with Crippen molar-refractivity contribution in [2.45, 2.75) is 264 Å². The molecule has 0 aromatic heterocycles. The molecular weight excluding hydrogens is 745 g/mol. The third-order valence-electron chi connectivity index (χ3n) is 11.1. The molecule has 0 aromatic rings. The first-order valence-corrected chi connectivity index (χ1v) is 25.6. The van der Waals surface area contributed by atoms with Crippen LogP contribution in [0.2, 0.25) is 0 Å². The smallest absolute Gasteiger partial charge is 0.306 e. The Bertz CT molecular complexity index is 1060. The fourth-order valence-corrected chi connectivity index (χ4v) is 7.20. The Morgan fingerprint density at radius 2 is 0.617 bits per heavy atom. The molecule has 0 saturated heterocycles. The maximum absolute atomic E-state index is 12.8. The van der Waals surface area contributed by atoms with E-state index in [2.05, 4.69) is 69.4 Å². The molecule has 0 spiro atoms. The molecule has 0 fully saturated rings. The van der Waals surface area contributed by atoms with Crippen molar-refractivity contribution in [3.8, 4) is 0 Å². The highest BCUT2D eigenvalue weighted by atomic mass is 16.6. The van der Waals surface area contributed by atoms with Crippen molar-refractivity contribution >= 4 is 17.9 Å². The second-order valence-electron chi connectivity index (χ2n) is 17.1. The third kappa shape index (κ3) is 46.4. The molecule has 1 atom stereocenters. The van der Waals surface area contributed by atoms with Crippen LogP contribution in [0.25, 0.3) is 0 Å². The lowest BCUT2D eigenvalue weighted by Gasteiger charge is -2.18. The molecule has 0 aliphatic rings. The lowest BCUT2D eigenvalue weighted by atomic mass is 10.0. The SMILES string of the molecule is CCCCC/C=C\C/C=C\C/C=C\C/C=C\CCCC(=O)OC[C@H](COC(=O)CCCCCCCCCCCCCCC)OC(=O)CCCCCCCCCCCCCC. The highest BCUT2D eigenvalue weighted by molar-refractivity contribution is 5.71. The molecule has 0 aliphatic heterocycles. The molecule has 0 saturated carbocycles. The maximum atomic E-state index is 12.8. The molecule has 0 N–H and O–H groups in total. The Kier molecular flexibility index (Phi) is 46.9. The van der Waals surface area contributed by atoms with Crippen LogP contribution in [-0.4, -0.2) is 37.2 Å². The van der Waals surface area contributed by atoms with Crippen molar-refractivity contribution in [1.82, 2.24) is 0 Å². The highest BCUT2D eigenvalue weighted by Crippen LogP contribution is 2.15. The number of carbonyl (C=O) groups excluding carboxylic acids is 3. The summed E-state index contributed by atoms with van der Waals surface area (Å²) < 4.78 is 16.7. The van der Waals surface area contributed by atoms with Gasteiger partial charge < -0.3 is 14.2 Å². The van der Waals surface area contributed by atoms with E-state index in [4.69, 9.17) is 14.2 Å². The summed E-state index contributed by atoms with van der Waals surface area (Å²) in [7, 11) is 0. The van der Waals surface area contributed by atoms with Crippen LogP contribution in [0.1, 0.15) is 258 Å². The molecule has 0 rings (SSSR count). The zero-order chi connectivity index (χ0) is 43.7. The summed E-state index contributed by atoms with van der Waals surface area (Å²) in [6, 6.07) is 0. The van der Waals surface area contributed by atoms with Crippen LogP contribution in [0.5, 0.6) is 0 Å². The van der Waals surface area contributed by atoms with Crippen LogP contribution >= 0.6 is 0 Å². The summed E-state index contributed by atoms with van der Waals surface area (Å²) in [6.07, 6.45) is 58.1. The van der Waals surface area contributed by atoms with Gasteiger partial charge in [-0.2, -0.15) is 0 Å². The number of esters is 3. The number of allylic oxidation sites excluding steroid dienone is 8. The summed E-state index contributed by atoms with van der Waals surface area (Å²) in [5.41, 5.74) is 0. The average Bonchev–Trinajstić information content (AvgIpc) is 3.24. The molecule has 0 aromatic carbocycles. The molecule has 0 bridgehead atoms. The highest BCUT2D eigenvalue weighted by Gasteiger charge is 2.19. The van der Waals surface area contributed by atoms with Gasteiger partial charge in [0.25, 0.3) is 0 Å². The number of hydrogen-bond acceptors (Lipinski definition) is 6. The lowest BCUT2D eigenvalue weighted by molar-refractivity contribution is -0.167. The molecule has 0 amide bonds. The van der Waals surface area contributed by atoms with E-state index in [-0.39, 0.29) is 37.5 Å². The standard InChI is InChI=1S/C54H96O6/c1-4-7-10-13-16-19-22-25-26-27-28-30-33-35-38-41-44-47-53(56)59-50-51(60-54(57)48-45-42-39-36-31-24-21-18-15-12-9-6-3)49-58-52(55)46-43-40-37-34-32-29-23-20-17-14-11-8-5-2/h16,19,25-26,28,30,35,38,51H,4-15,17-18,20-24,27,29,31-34,36-37,39-50H2,1-3H3/b19-16-,26-25-,30-28-,38-35-/t51-/m0/s1. The summed E-state index contributed by atoms with van der Waals surface area (Å²) in [4.78, 5) is 37.9. The normalized spacial score (nSPS) is 12.4. The number of unbranched alkanes of at least 4 members (excludes halogenated alkanes) is 27. The quantitative estimate of drug-likeness (QED) is 0.0263. The maximum Gasteiger partial charge on any atom is 0.306 e. The van der Waals surface area contributed by atoms with E-state index >= 15 is 0 Å². The van der Waals surface area contributed by atoms with Gasteiger partial charge in [-0.25, -0.2) is 0 Å². The first-order chi connectivity index (χ1) is 29.5. The summed E-state index contributed by atoms with van der Waals surface area (Å²) in [5.74, 6) is -0.937. The van der Waals surface area contributed by atoms with Gasteiger partial charge in [0.1, 0.15) is 13.2 Å². The van der Waals surface area contributed by atoms with E-state index in [9.17, 15) is 14.4 Å². The van der Waals surface area contributed by atoms with Crippen LogP contribution in [0.4, 0.5) is 0 Å². The van der Waals surface area contributed by atoms with E-state index in [0.717, 1.165) is 64.2 Å². The minimum Gasteiger partial charge on any atom is -0.462 e. The van der Waals surface area contributed by atoms with Crippen LogP contribution in [-0.2, 0) is 28.6 Å². The molecule has 0 unspecified atom stereocenters. The lowest BCUT2D eigenvalue weighted by Crippen LogP contribution is -2.30. The topological polar surface area (TPSA) is 78.9 Å². The predicted octanol–water partition coefficient (Wildman–Crippen LogP) is 16.7. The van der Waals surface area contributed by atoms with Crippen molar-refractivity contribution in [2.24, 2.45) is 0 Å². The minimum atomic E-state index is -0.789. The third-order valence-corrected chi connectivity index (χ3v) is 11.1. The fraction of sp³-hybridized carbons (Fsp3) is 0.796. The van der Waals surface area contributed by atoms with Crippen LogP contribution in [0, 0.1) is 0 Å². The van der Waals surface area contributed by atoms with Gasteiger partial charge in [-0.3, -0.25) is 14.4 Å². The molecule has 6 nitrogen and oxygen atoms in total. The van der Waals surface area contributed by atoms with Crippen molar-refractivity contribution in [3.05, 3.63) is 48.6 Å². The van der Waals surface area contributed by atoms with Gasteiger partial charge in [-0.15, -0.1) is 0 Å². The van der Waals surface area contributed by atoms with Crippen molar-refractivity contribution in [3.63, 3.8) is 0 Å². The monoisotopic (exact) mass is 841 g/mol. The first kappa shape index (κ1) is 57.4. The zero-order valence-corrected chi connectivity index (χ0v) is 39.7. The van der Waals surface area contributed by atoms with Gasteiger partial charge in [-0.1, -0.05) is 230 Å². The second-order valence-corrected chi connectivity index (χ2v) is 17.1. The number of hydrogen-bond donors (Lipinski definition) is 0. The number of rotatable bonds is 46. The molecular formula is C54H96O6. The van der Waals surface area contributed by atoms with E-state index in [1.54, 1.807) is 0 Å². The Morgan fingerprint density at radius 1 is 0.333 bits per heavy atom. The largest absolute Gasteiger partial charge is 0.462 e. The Hall–Kier alpha value is -2.63. The Balaban J connectivity index is 4.43. The fourth-order valence-electron chi connectivity index (χ4n) is 7.20. The van der Waals surface area contributed by atoms with Gasteiger partial charge in [0.05, 0.1) is 0 Å². The Morgan fingerprint density at radius 3 is 1.00 bits per heavy atom.